The van der Waals surface area contributed by atoms with Crippen molar-refractivity contribution in [2.45, 2.75) is 19.8 Å². The zero-order chi connectivity index (χ0) is 18.7. The highest BCUT2D eigenvalue weighted by molar-refractivity contribution is 5.78. The third kappa shape index (κ3) is 7.28. The van der Waals surface area contributed by atoms with Gasteiger partial charge in [0.2, 0.25) is 5.91 Å². The van der Waals surface area contributed by atoms with Gasteiger partial charge in [0, 0.05) is 19.5 Å². The minimum Gasteiger partial charge on any atom is -0.497 e. The molecular formula is C19H27NO5. The number of benzene rings is 1. The van der Waals surface area contributed by atoms with E-state index in [0.717, 1.165) is 11.5 Å². The molecule has 0 aliphatic heterocycles. The van der Waals surface area contributed by atoms with E-state index in [1.54, 1.807) is 25.0 Å². The number of carbonyl (C=O) groups is 2. The van der Waals surface area contributed by atoms with Crippen LogP contribution in [0.5, 0.6) is 11.5 Å². The maximum absolute atomic E-state index is 12.3. The number of hydrogen-bond acceptors (Lipinski definition) is 5. The summed E-state index contributed by atoms with van der Waals surface area (Å²) in [5, 5.41) is 0. The van der Waals surface area contributed by atoms with Crippen molar-refractivity contribution in [2.75, 3.05) is 33.9 Å². The van der Waals surface area contributed by atoms with E-state index >= 15 is 0 Å². The van der Waals surface area contributed by atoms with Crippen molar-refractivity contribution in [3.05, 3.63) is 36.9 Å². The minimum absolute atomic E-state index is 0.0333. The molecular weight excluding hydrogens is 322 g/mol. The number of esters is 1. The summed E-state index contributed by atoms with van der Waals surface area (Å²) in [6, 6.07) is 7.28. The van der Waals surface area contributed by atoms with Gasteiger partial charge in [-0.15, -0.1) is 6.58 Å². The molecule has 1 atom stereocenters. The number of rotatable bonds is 11. The first-order valence-corrected chi connectivity index (χ1v) is 8.25. The van der Waals surface area contributed by atoms with Gasteiger partial charge in [-0.3, -0.25) is 9.59 Å². The lowest BCUT2D eigenvalue weighted by Gasteiger charge is -2.23. The van der Waals surface area contributed by atoms with Gasteiger partial charge in [0.25, 0.3) is 0 Å². The van der Waals surface area contributed by atoms with Crippen molar-refractivity contribution >= 4 is 11.9 Å². The Kier molecular flexibility index (Phi) is 9.14. The lowest BCUT2D eigenvalue weighted by molar-refractivity contribution is -0.146. The van der Waals surface area contributed by atoms with Crippen LogP contribution in [0.4, 0.5) is 0 Å². The normalized spacial score (nSPS) is 11.3. The lowest BCUT2D eigenvalue weighted by atomic mass is 10.1. The molecule has 6 heteroatoms. The Hall–Kier alpha value is -2.50. The van der Waals surface area contributed by atoms with E-state index in [-0.39, 0.29) is 17.8 Å². The van der Waals surface area contributed by atoms with E-state index in [4.69, 9.17) is 14.2 Å². The van der Waals surface area contributed by atoms with E-state index in [1.807, 2.05) is 24.3 Å². The molecule has 0 fully saturated rings. The van der Waals surface area contributed by atoms with E-state index in [9.17, 15) is 9.59 Å². The summed E-state index contributed by atoms with van der Waals surface area (Å²) in [4.78, 5) is 25.5. The Morgan fingerprint density at radius 1 is 1.20 bits per heavy atom. The van der Waals surface area contributed by atoms with Crippen LogP contribution < -0.4 is 9.47 Å². The summed E-state index contributed by atoms with van der Waals surface area (Å²) in [5.41, 5.74) is 0. The van der Waals surface area contributed by atoms with Crippen LogP contribution in [0.1, 0.15) is 19.8 Å². The third-order valence-corrected chi connectivity index (χ3v) is 3.66. The first-order chi connectivity index (χ1) is 12.0. The molecule has 0 spiro atoms. The number of carbonyl (C=O) groups excluding carboxylic acids is 2. The van der Waals surface area contributed by atoms with E-state index in [0.29, 0.717) is 32.5 Å². The maximum atomic E-state index is 12.3. The van der Waals surface area contributed by atoms with Gasteiger partial charge >= 0.3 is 5.97 Å². The smallest absolute Gasteiger partial charge is 0.310 e. The third-order valence-electron chi connectivity index (χ3n) is 3.66. The molecule has 0 bridgehead atoms. The van der Waals surface area contributed by atoms with Crippen LogP contribution >= 0.6 is 0 Å². The number of methoxy groups -OCH3 is 2. The quantitative estimate of drug-likeness (QED) is 0.349. The molecule has 25 heavy (non-hydrogen) atoms. The molecule has 6 nitrogen and oxygen atoms in total. The average molecular weight is 349 g/mol. The maximum Gasteiger partial charge on any atom is 0.310 e. The van der Waals surface area contributed by atoms with Crippen LogP contribution in [-0.4, -0.2) is 50.7 Å². The van der Waals surface area contributed by atoms with Gasteiger partial charge < -0.3 is 19.1 Å². The molecule has 1 amide bonds. The number of hydrogen-bond donors (Lipinski definition) is 0. The number of amides is 1. The van der Waals surface area contributed by atoms with Gasteiger partial charge in [-0.1, -0.05) is 13.0 Å². The predicted molar refractivity (Wildman–Crippen MR) is 95.7 cm³/mol. The highest BCUT2D eigenvalue weighted by atomic mass is 16.5. The molecule has 0 aromatic heterocycles. The van der Waals surface area contributed by atoms with E-state index in [2.05, 4.69) is 6.58 Å². The Morgan fingerprint density at radius 3 is 2.40 bits per heavy atom. The van der Waals surface area contributed by atoms with Crippen molar-refractivity contribution < 1.29 is 23.8 Å². The van der Waals surface area contributed by atoms with Crippen LogP contribution in [0.3, 0.4) is 0 Å². The Labute approximate surface area is 149 Å². The minimum atomic E-state index is -0.371. The van der Waals surface area contributed by atoms with Crippen molar-refractivity contribution in [3.63, 3.8) is 0 Å². The fourth-order valence-electron chi connectivity index (χ4n) is 2.28. The zero-order valence-corrected chi connectivity index (χ0v) is 15.2. The van der Waals surface area contributed by atoms with Crippen molar-refractivity contribution in [1.82, 2.24) is 4.90 Å². The predicted octanol–water partition coefficient (Wildman–Crippen LogP) is 2.68. The summed E-state index contributed by atoms with van der Waals surface area (Å²) in [5.74, 6) is 0.765. The first kappa shape index (κ1) is 20.5. The van der Waals surface area contributed by atoms with Crippen molar-refractivity contribution in [1.29, 1.82) is 0 Å². The monoisotopic (exact) mass is 349 g/mol. The van der Waals surface area contributed by atoms with Crippen LogP contribution in [0.2, 0.25) is 0 Å². The number of ether oxygens (including phenoxy) is 3. The molecule has 1 rings (SSSR count). The Morgan fingerprint density at radius 2 is 1.84 bits per heavy atom. The molecule has 0 aliphatic carbocycles. The molecule has 0 radical (unpaired) electrons. The molecule has 138 valence electrons. The average Bonchev–Trinajstić information content (AvgIpc) is 2.64. The molecule has 1 aromatic carbocycles. The van der Waals surface area contributed by atoms with Gasteiger partial charge in [0.15, 0.2) is 0 Å². The highest BCUT2D eigenvalue weighted by Gasteiger charge is 2.20. The van der Waals surface area contributed by atoms with Gasteiger partial charge in [-0.25, -0.2) is 0 Å². The Bertz CT molecular complexity index is 555. The zero-order valence-electron chi connectivity index (χ0n) is 15.2. The largest absolute Gasteiger partial charge is 0.497 e. The second-order valence-corrected chi connectivity index (χ2v) is 5.64. The summed E-state index contributed by atoms with van der Waals surface area (Å²) in [6.45, 7) is 6.55. The van der Waals surface area contributed by atoms with Gasteiger partial charge in [0.1, 0.15) is 11.5 Å². The van der Waals surface area contributed by atoms with Crippen LogP contribution in [-0.2, 0) is 14.3 Å². The highest BCUT2D eigenvalue weighted by Crippen LogP contribution is 2.17. The van der Waals surface area contributed by atoms with Gasteiger partial charge in [0.05, 0.1) is 26.7 Å². The first-order valence-electron chi connectivity index (χ1n) is 8.25. The van der Waals surface area contributed by atoms with Gasteiger partial charge in [-0.05, 0) is 30.7 Å². The standard InChI is InChI=1S/C19H27NO5/c1-5-12-20(14-15(2)19(22)24-4)18(21)7-6-13-25-17-10-8-16(23-3)9-11-17/h5,8-11,15H,1,6-7,12-14H2,2-4H3. The molecule has 0 saturated carbocycles. The molecule has 0 saturated heterocycles. The van der Waals surface area contributed by atoms with Crippen LogP contribution in [0, 0.1) is 5.92 Å². The second-order valence-electron chi connectivity index (χ2n) is 5.64. The fraction of sp³-hybridized carbons (Fsp3) is 0.474. The molecule has 0 aliphatic rings. The number of nitrogens with zero attached hydrogens (tertiary/aromatic N) is 1. The summed E-state index contributed by atoms with van der Waals surface area (Å²) >= 11 is 0. The van der Waals surface area contributed by atoms with Crippen LogP contribution in [0.25, 0.3) is 0 Å². The summed E-state index contributed by atoms with van der Waals surface area (Å²) in [7, 11) is 2.95. The van der Waals surface area contributed by atoms with E-state index < -0.39 is 0 Å². The summed E-state index contributed by atoms with van der Waals surface area (Å²) in [6.07, 6.45) is 2.58. The lowest BCUT2D eigenvalue weighted by Crippen LogP contribution is -2.37. The molecule has 0 heterocycles. The second kappa shape index (κ2) is 11.1. The summed E-state index contributed by atoms with van der Waals surface area (Å²) < 4.78 is 15.4. The topological polar surface area (TPSA) is 65.1 Å². The van der Waals surface area contributed by atoms with Crippen molar-refractivity contribution in [3.8, 4) is 11.5 Å². The van der Waals surface area contributed by atoms with Crippen molar-refractivity contribution in [2.24, 2.45) is 5.92 Å². The van der Waals surface area contributed by atoms with Crippen LogP contribution in [0.15, 0.2) is 36.9 Å². The fourth-order valence-corrected chi connectivity index (χ4v) is 2.28. The SMILES string of the molecule is C=CCN(CC(C)C(=O)OC)C(=O)CCCOc1ccc(OC)cc1. The van der Waals surface area contributed by atoms with Gasteiger partial charge in [-0.2, -0.15) is 0 Å². The van der Waals surface area contributed by atoms with E-state index in [1.165, 1.54) is 7.11 Å². The molecule has 1 aromatic rings. The Balaban J connectivity index is 2.40. The molecule has 1 unspecified atom stereocenters. The molecule has 0 N–H and O–H groups in total.